The van der Waals surface area contributed by atoms with E-state index in [1.807, 2.05) is 0 Å². The largest absolute Gasteiger partial charge is 0.481 e. The lowest BCUT2D eigenvalue weighted by Gasteiger charge is -2.45. The fourth-order valence-corrected chi connectivity index (χ4v) is 5.97. The molecule has 0 aromatic heterocycles. The van der Waals surface area contributed by atoms with Crippen molar-refractivity contribution in [2.75, 3.05) is 13.2 Å². The minimum atomic E-state index is -1.38. The summed E-state index contributed by atoms with van der Waals surface area (Å²) in [5.74, 6) is -3.40. The van der Waals surface area contributed by atoms with Crippen molar-refractivity contribution in [3.63, 3.8) is 0 Å². The Morgan fingerprint density at radius 1 is 0.617 bits per heavy atom. The first-order valence-electron chi connectivity index (χ1n) is 16.2. The molecule has 4 fully saturated rings. The summed E-state index contributed by atoms with van der Waals surface area (Å²) in [7, 11) is 0. The molecule has 2 aliphatic heterocycles. The van der Waals surface area contributed by atoms with Gasteiger partial charge in [-0.15, -0.1) is 0 Å². The molecule has 2 unspecified atom stereocenters. The Balaban J connectivity index is 0. The van der Waals surface area contributed by atoms with Gasteiger partial charge in [0, 0.05) is 37.2 Å². The number of hydrogen-bond acceptors (Lipinski definition) is 10. The van der Waals surface area contributed by atoms with Crippen LogP contribution in [0.25, 0.3) is 0 Å². The van der Waals surface area contributed by atoms with Crippen LogP contribution in [0.4, 0.5) is 0 Å². The van der Waals surface area contributed by atoms with Gasteiger partial charge in [0.15, 0.2) is 0 Å². The minimum absolute atomic E-state index is 0. The summed E-state index contributed by atoms with van der Waals surface area (Å²) in [5, 5.41) is 15.1. The average Bonchev–Trinajstić information content (AvgIpc) is 2.96. The van der Waals surface area contributed by atoms with Crippen molar-refractivity contribution >= 4 is 35.4 Å². The molecule has 2 heterocycles. The van der Waals surface area contributed by atoms with Crippen LogP contribution in [0.15, 0.2) is 12.2 Å². The van der Waals surface area contributed by atoms with E-state index in [1.54, 1.807) is 6.92 Å². The molecule has 0 radical (unpaired) electrons. The number of aliphatic carboxylic acids is 2. The van der Waals surface area contributed by atoms with E-state index < -0.39 is 17.7 Å². The predicted molar refractivity (Wildman–Crippen MR) is 176 cm³/mol. The molecule has 0 aromatic rings. The molecule has 12 heteroatoms. The van der Waals surface area contributed by atoms with Crippen molar-refractivity contribution in [1.29, 1.82) is 0 Å². The maximum absolute atomic E-state index is 11.6. The molecule has 272 valence electrons. The van der Waals surface area contributed by atoms with Crippen LogP contribution in [-0.2, 0) is 47.7 Å². The highest BCUT2D eigenvalue weighted by molar-refractivity contribution is 6.31. The zero-order valence-corrected chi connectivity index (χ0v) is 28.7. The Labute approximate surface area is 280 Å². The van der Waals surface area contributed by atoms with E-state index in [0.29, 0.717) is 12.2 Å². The van der Waals surface area contributed by atoms with Gasteiger partial charge in [0.25, 0.3) is 5.97 Å². The summed E-state index contributed by atoms with van der Waals surface area (Å²) in [4.78, 5) is 60.0. The fourth-order valence-electron chi connectivity index (χ4n) is 5.97. The van der Waals surface area contributed by atoms with E-state index in [-0.39, 0.29) is 48.6 Å². The quantitative estimate of drug-likeness (QED) is 0.181. The number of carboxylic acid groups (broad SMARTS) is 2. The standard InChI is InChI=1S/C14H22O3.C12H20O3.C3H4O3.C3H6O.C2H4O2.CH4/c1-11(2)12(15)17-13-14(9-6-10-16-13)7-4-3-5-8-14;1-10(13)15-11-12(8-5-9-14-11)6-3-2-4-7-12;1-2(4)3(5)6;1-3(2)4;1-2(3)4;/h13H,1,3-10H2,2H3;11H,2-9H2,1H3;1H3,(H,5,6);1-2H3;1H3,(H,3,4);1H4. The van der Waals surface area contributed by atoms with Gasteiger partial charge >= 0.3 is 17.9 Å². The van der Waals surface area contributed by atoms with Crippen molar-refractivity contribution in [2.24, 2.45) is 10.8 Å². The summed E-state index contributed by atoms with van der Waals surface area (Å²) >= 11 is 0. The third kappa shape index (κ3) is 19.3. The van der Waals surface area contributed by atoms with Crippen molar-refractivity contribution in [1.82, 2.24) is 0 Å². The Kier molecular flexibility index (Phi) is 23.6. The van der Waals surface area contributed by atoms with Gasteiger partial charge in [-0.3, -0.25) is 14.4 Å². The van der Waals surface area contributed by atoms with Crippen LogP contribution < -0.4 is 0 Å². The molecule has 2 spiro atoms. The van der Waals surface area contributed by atoms with E-state index in [4.69, 9.17) is 34.0 Å². The summed E-state index contributed by atoms with van der Waals surface area (Å²) in [6.45, 7) is 13.4. The first-order chi connectivity index (χ1) is 21.5. The van der Waals surface area contributed by atoms with Gasteiger partial charge in [-0.05, 0) is 72.1 Å². The normalized spacial score (nSPS) is 21.7. The van der Waals surface area contributed by atoms with E-state index in [0.717, 1.165) is 71.8 Å². The van der Waals surface area contributed by atoms with Crippen molar-refractivity contribution in [3.8, 4) is 0 Å². The summed E-state index contributed by atoms with van der Waals surface area (Å²) in [6, 6.07) is 0. The SMILES string of the molecule is C.C=C(C)C(=O)OC1OCCCC12CCCCC2.CC(=O)C(=O)O.CC(=O)O.CC(=O)OC1OCCCC12CCCCC2.CC(C)=O. The van der Waals surface area contributed by atoms with Crippen molar-refractivity contribution in [2.45, 2.75) is 151 Å². The van der Waals surface area contributed by atoms with Crippen molar-refractivity contribution in [3.05, 3.63) is 12.2 Å². The number of carboxylic acids is 2. The lowest BCUT2D eigenvalue weighted by Crippen LogP contribution is -2.45. The van der Waals surface area contributed by atoms with Gasteiger partial charge in [-0.2, -0.15) is 0 Å². The number of carbonyl (C=O) groups is 6. The number of esters is 2. The zero-order valence-electron chi connectivity index (χ0n) is 28.7. The Hall–Kier alpha value is -3.12. The second-order valence-corrected chi connectivity index (χ2v) is 12.5. The number of carbonyl (C=O) groups excluding carboxylic acids is 4. The molecular formula is C35H60O12. The van der Waals surface area contributed by atoms with Gasteiger partial charge in [-0.1, -0.05) is 52.5 Å². The zero-order chi connectivity index (χ0) is 35.3. The summed E-state index contributed by atoms with van der Waals surface area (Å²) in [6.07, 6.45) is 16.0. The van der Waals surface area contributed by atoms with E-state index in [9.17, 15) is 24.0 Å². The molecule has 0 bridgehead atoms. The fraction of sp³-hybridized carbons (Fsp3) is 0.771. The third-order valence-electron chi connectivity index (χ3n) is 8.01. The Bertz CT molecular complexity index is 958. The van der Waals surface area contributed by atoms with Gasteiger partial charge < -0.3 is 34.0 Å². The second kappa shape index (κ2) is 24.1. The molecule has 47 heavy (non-hydrogen) atoms. The monoisotopic (exact) mass is 672 g/mol. The van der Waals surface area contributed by atoms with Crippen molar-refractivity contribution < 1.29 is 57.9 Å². The highest BCUT2D eigenvalue weighted by atomic mass is 16.7. The van der Waals surface area contributed by atoms with Crippen LogP contribution in [0.5, 0.6) is 0 Å². The minimum Gasteiger partial charge on any atom is -0.481 e. The smallest absolute Gasteiger partial charge is 0.371 e. The van der Waals surface area contributed by atoms with E-state index in [1.165, 1.54) is 59.3 Å². The number of ketones is 2. The first kappa shape index (κ1) is 46.0. The summed E-state index contributed by atoms with van der Waals surface area (Å²) in [5.41, 5.74) is 0.675. The molecule has 2 N–H and O–H groups in total. The third-order valence-corrected chi connectivity index (χ3v) is 8.01. The second-order valence-electron chi connectivity index (χ2n) is 12.5. The maximum atomic E-state index is 11.6. The molecule has 12 nitrogen and oxygen atoms in total. The Morgan fingerprint density at radius 2 is 0.915 bits per heavy atom. The number of hydrogen-bond donors (Lipinski definition) is 2. The molecular weight excluding hydrogens is 612 g/mol. The van der Waals surface area contributed by atoms with Crippen LogP contribution in [0.3, 0.4) is 0 Å². The van der Waals surface area contributed by atoms with Crippen LogP contribution in [0, 0.1) is 10.8 Å². The van der Waals surface area contributed by atoms with E-state index >= 15 is 0 Å². The number of ether oxygens (including phenoxy) is 4. The van der Waals surface area contributed by atoms with Crippen LogP contribution in [0.1, 0.15) is 139 Å². The molecule has 0 aromatic carbocycles. The van der Waals surface area contributed by atoms with Crippen LogP contribution in [0.2, 0.25) is 0 Å². The Morgan fingerprint density at radius 3 is 1.19 bits per heavy atom. The molecule has 0 amide bonds. The first-order valence-corrected chi connectivity index (χ1v) is 16.2. The van der Waals surface area contributed by atoms with E-state index in [2.05, 4.69) is 6.58 Å². The van der Waals surface area contributed by atoms with Crippen LogP contribution >= 0.6 is 0 Å². The molecule has 2 saturated heterocycles. The van der Waals surface area contributed by atoms with Gasteiger partial charge in [0.05, 0.1) is 13.2 Å². The molecule has 4 aliphatic rings. The maximum Gasteiger partial charge on any atom is 0.371 e. The van der Waals surface area contributed by atoms with Gasteiger partial charge in [0.2, 0.25) is 18.4 Å². The lowest BCUT2D eigenvalue weighted by molar-refractivity contribution is -0.234. The predicted octanol–water partition coefficient (Wildman–Crippen LogP) is 6.81. The molecule has 2 aliphatic carbocycles. The molecule has 2 saturated carbocycles. The van der Waals surface area contributed by atoms with Gasteiger partial charge in [0.1, 0.15) is 5.78 Å². The highest BCUT2D eigenvalue weighted by Gasteiger charge is 2.45. The number of rotatable bonds is 4. The lowest BCUT2D eigenvalue weighted by atomic mass is 9.69. The summed E-state index contributed by atoms with van der Waals surface area (Å²) < 4.78 is 22.2. The topological polar surface area (TPSA) is 180 Å². The highest BCUT2D eigenvalue weighted by Crippen LogP contribution is 2.48. The average molecular weight is 673 g/mol. The number of Topliss-reactive ketones (excluding diaryl/α,β-unsaturated/α-hetero) is 2. The molecule has 4 rings (SSSR count). The van der Waals surface area contributed by atoms with Gasteiger partial charge in [-0.25, -0.2) is 9.59 Å². The molecule has 2 atom stereocenters. The van der Waals surface area contributed by atoms with Crippen LogP contribution in [-0.4, -0.2) is 71.5 Å².